The number of halogens is 1. The maximum Gasteiger partial charge on any atom is 0.262 e. The lowest BCUT2D eigenvalue weighted by atomic mass is 10.2. The molecule has 1 N–H and O–H groups in total. The molecule has 0 bridgehead atoms. The van der Waals surface area contributed by atoms with Crippen molar-refractivity contribution in [2.75, 3.05) is 12.4 Å². The van der Waals surface area contributed by atoms with Crippen LogP contribution >= 0.6 is 22.9 Å². The van der Waals surface area contributed by atoms with Gasteiger partial charge in [0.1, 0.15) is 16.6 Å². The van der Waals surface area contributed by atoms with Gasteiger partial charge < -0.3 is 10.1 Å². The SMILES string of the molecule is CCc1cc2c(=O)n([C@@H](C)C(=O)Nc3cc(Cl)ccc3OC)cnc2s1. The summed E-state index contributed by atoms with van der Waals surface area (Å²) in [4.78, 5) is 31.5. The normalized spacial score (nSPS) is 12.2. The largest absolute Gasteiger partial charge is 0.495 e. The van der Waals surface area contributed by atoms with Crippen LogP contribution in [0.4, 0.5) is 5.69 Å². The van der Waals surface area contributed by atoms with Crippen LogP contribution in [0.1, 0.15) is 24.8 Å². The Hall–Kier alpha value is -2.38. The summed E-state index contributed by atoms with van der Waals surface area (Å²) in [5.74, 6) is 0.126. The fraction of sp³-hybridized carbons (Fsp3) is 0.278. The van der Waals surface area contributed by atoms with Crippen molar-refractivity contribution in [1.82, 2.24) is 9.55 Å². The number of methoxy groups -OCH3 is 1. The molecule has 1 aromatic carbocycles. The maximum atomic E-state index is 12.7. The van der Waals surface area contributed by atoms with E-state index in [1.54, 1.807) is 25.1 Å². The number of rotatable bonds is 5. The minimum Gasteiger partial charge on any atom is -0.495 e. The standard InChI is InChI=1S/C18H18ClN3O3S/c1-4-12-8-13-17(26-12)20-9-22(18(13)24)10(2)16(23)21-14-7-11(19)5-6-15(14)25-3/h5-10H,4H2,1-3H3,(H,21,23)/t10-/m0/s1. The van der Waals surface area contributed by atoms with Gasteiger partial charge in [-0.1, -0.05) is 18.5 Å². The van der Waals surface area contributed by atoms with E-state index in [-0.39, 0.29) is 11.5 Å². The Morgan fingerprint density at radius 3 is 2.88 bits per heavy atom. The number of anilines is 1. The first-order chi connectivity index (χ1) is 12.4. The van der Waals surface area contributed by atoms with Crippen LogP contribution in [-0.4, -0.2) is 22.6 Å². The van der Waals surface area contributed by atoms with Gasteiger partial charge in [0.05, 0.1) is 24.5 Å². The van der Waals surface area contributed by atoms with E-state index in [9.17, 15) is 9.59 Å². The van der Waals surface area contributed by atoms with E-state index in [1.165, 1.54) is 29.3 Å². The van der Waals surface area contributed by atoms with Crippen LogP contribution in [0.15, 0.2) is 35.4 Å². The highest BCUT2D eigenvalue weighted by Crippen LogP contribution is 2.28. The van der Waals surface area contributed by atoms with Gasteiger partial charge in [-0.25, -0.2) is 4.98 Å². The molecule has 0 fully saturated rings. The number of carbonyl (C=O) groups is 1. The fourth-order valence-electron chi connectivity index (χ4n) is 2.58. The van der Waals surface area contributed by atoms with E-state index < -0.39 is 6.04 Å². The molecule has 2 aromatic heterocycles. The quantitative estimate of drug-likeness (QED) is 0.716. The summed E-state index contributed by atoms with van der Waals surface area (Å²) >= 11 is 7.48. The van der Waals surface area contributed by atoms with E-state index in [0.717, 1.165) is 11.3 Å². The molecule has 6 nitrogen and oxygen atoms in total. The summed E-state index contributed by atoms with van der Waals surface area (Å²) in [5.41, 5.74) is 0.217. The first kappa shape index (κ1) is 18.4. The van der Waals surface area contributed by atoms with E-state index >= 15 is 0 Å². The van der Waals surface area contributed by atoms with Crippen molar-refractivity contribution >= 4 is 44.7 Å². The van der Waals surface area contributed by atoms with Crippen LogP contribution in [0.3, 0.4) is 0 Å². The molecule has 0 aliphatic carbocycles. The third-order valence-electron chi connectivity index (χ3n) is 4.09. The topological polar surface area (TPSA) is 73.2 Å². The Morgan fingerprint density at radius 2 is 2.19 bits per heavy atom. The number of nitrogens with one attached hydrogen (secondary N) is 1. The van der Waals surface area contributed by atoms with Gasteiger partial charge in [-0.3, -0.25) is 14.2 Å². The van der Waals surface area contributed by atoms with Gasteiger partial charge in [-0.05, 0) is 37.6 Å². The van der Waals surface area contributed by atoms with Crippen molar-refractivity contribution < 1.29 is 9.53 Å². The van der Waals surface area contributed by atoms with Crippen molar-refractivity contribution in [3.8, 4) is 5.75 Å². The molecule has 1 amide bonds. The van der Waals surface area contributed by atoms with Gasteiger partial charge in [0.2, 0.25) is 5.91 Å². The van der Waals surface area contributed by atoms with E-state index in [2.05, 4.69) is 10.3 Å². The maximum absolute atomic E-state index is 12.7. The number of aryl methyl sites for hydroxylation is 1. The minimum atomic E-state index is -0.743. The summed E-state index contributed by atoms with van der Waals surface area (Å²) < 4.78 is 6.56. The molecule has 0 saturated carbocycles. The van der Waals surface area contributed by atoms with Gasteiger partial charge in [0, 0.05) is 9.90 Å². The number of fused-ring (bicyclic) bond motifs is 1. The number of ether oxygens (including phenoxy) is 1. The molecular weight excluding hydrogens is 374 g/mol. The molecule has 0 aliphatic rings. The van der Waals surface area contributed by atoms with E-state index in [0.29, 0.717) is 26.7 Å². The molecule has 0 saturated heterocycles. The molecule has 3 rings (SSSR count). The molecule has 0 radical (unpaired) electrons. The second-order valence-electron chi connectivity index (χ2n) is 5.75. The van der Waals surface area contributed by atoms with Gasteiger partial charge in [-0.15, -0.1) is 11.3 Å². The highest BCUT2D eigenvalue weighted by Gasteiger charge is 2.20. The molecule has 0 unspecified atom stereocenters. The lowest BCUT2D eigenvalue weighted by Gasteiger charge is -2.16. The molecule has 136 valence electrons. The number of amides is 1. The lowest BCUT2D eigenvalue weighted by molar-refractivity contribution is -0.118. The number of carbonyl (C=O) groups excluding carboxylic acids is 1. The Bertz CT molecular complexity index is 1030. The lowest BCUT2D eigenvalue weighted by Crippen LogP contribution is -2.31. The van der Waals surface area contributed by atoms with Gasteiger partial charge in [0.15, 0.2) is 0 Å². The second kappa shape index (κ2) is 7.47. The Balaban J connectivity index is 1.91. The van der Waals surface area contributed by atoms with Crippen LogP contribution in [0, 0.1) is 0 Å². The molecule has 8 heteroatoms. The monoisotopic (exact) mass is 391 g/mol. The number of thiophene rings is 1. The highest BCUT2D eigenvalue weighted by molar-refractivity contribution is 7.18. The van der Waals surface area contributed by atoms with Gasteiger partial charge in [0.25, 0.3) is 5.56 Å². The molecule has 2 heterocycles. The zero-order chi connectivity index (χ0) is 18.8. The Morgan fingerprint density at radius 1 is 1.42 bits per heavy atom. The number of hydrogen-bond acceptors (Lipinski definition) is 5. The minimum absolute atomic E-state index is 0.230. The van der Waals surface area contributed by atoms with Crippen molar-refractivity contribution in [3.05, 3.63) is 50.8 Å². The average molecular weight is 392 g/mol. The third-order valence-corrected chi connectivity index (χ3v) is 5.51. The summed E-state index contributed by atoms with van der Waals surface area (Å²) in [5, 5.41) is 3.77. The molecule has 0 spiro atoms. The predicted molar refractivity (Wildman–Crippen MR) is 105 cm³/mol. The van der Waals surface area contributed by atoms with Crippen molar-refractivity contribution in [3.63, 3.8) is 0 Å². The predicted octanol–water partition coefficient (Wildman–Crippen LogP) is 3.88. The Labute approximate surface area is 159 Å². The summed E-state index contributed by atoms with van der Waals surface area (Å²) in [6.07, 6.45) is 2.26. The first-order valence-corrected chi connectivity index (χ1v) is 9.28. The number of nitrogens with zero attached hydrogens (tertiary/aromatic N) is 2. The summed E-state index contributed by atoms with van der Waals surface area (Å²) in [7, 11) is 1.51. The molecule has 0 aliphatic heterocycles. The fourth-order valence-corrected chi connectivity index (χ4v) is 3.68. The van der Waals surface area contributed by atoms with E-state index in [4.69, 9.17) is 16.3 Å². The highest BCUT2D eigenvalue weighted by atomic mass is 35.5. The first-order valence-electron chi connectivity index (χ1n) is 8.08. The van der Waals surface area contributed by atoms with Crippen LogP contribution in [0.5, 0.6) is 5.75 Å². The van der Waals surface area contributed by atoms with Gasteiger partial charge >= 0.3 is 0 Å². The molecule has 3 aromatic rings. The number of benzene rings is 1. The van der Waals surface area contributed by atoms with E-state index in [1.807, 2.05) is 13.0 Å². The zero-order valence-corrected chi connectivity index (χ0v) is 16.1. The molecule has 1 atom stereocenters. The summed E-state index contributed by atoms with van der Waals surface area (Å²) in [6.45, 7) is 3.67. The number of aromatic nitrogens is 2. The smallest absolute Gasteiger partial charge is 0.262 e. The van der Waals surface area contributed by atoms with Crippen LogP contribution in [-0.2, 0) is 11.2 Å². The molecule has 26 heavy (non-hydrogen) atoms. The van der Waals surface area contributed by atoms with Crippen molar-refractivity contribution in [2.24, 2.45) is 0 Å². The van der Waals surface area contributed by atoms with Crippen LogP contribution in [0.25, 0.3) is 10.2 Å². The Kier molecular flexibility index (Phi) is 5.29. The van der Waals surface area contributed by atoms with Gasteiger partial charge in [-0.2, -0.15) is 0 Å². The van der Waals surface area contributed by atoms with Crippen molar-refractivity contribution in [1.29, 1.82) is 0 Å². The van der Waals surface area contributed by atoms with Crippen molar-refractivity contribution in [2.45, 2.75) is 26.3 Å². The third kappa shape index (κ3) is 3.45. The van der Waals surface area contributed by atoms with Crippen LogP contribution in [0.2, 0.25) is 5.02 Å². The molecular formula is C18H18ClN3O3S. The van der Waals surface area contributed by atoms with Crippen LogP contribution < -0.4 is 15.6 Å². The number of hydrogen-bond donors (Lipinski definition) is 1. The second-order valence-corrected chi connectivity index (χ2v) is 7.30. The summed E-state index contributed by atoms with van der Waals surface area (Å²) in [6, 6.07) is 6.04. The zero-order valence-electron chi connectivity index (χ0n) is 14.6. The average Bonchev–Trinajstić information content (AvgIpc) is 3.06.